The third-order valence-electron chi connectivity index (χ3n) is 6.73. The van der Waals surface area contributed by atoms with Crippen molar-refractivity contribution < 1.29 is 9.84 Å². The molecule has 11 heteroatoms. The summed E-state index contributed by atoms with van der Waals surface area (Å²) in [6, 6.07) is 23.7. The van der Waals surface area contributed by atoms with Crippen LogP contribution in [0, 0.1) is 0 Å². The maximum absolute atomic E-state index is 10.2. The molecule has 3 aromatic carbocycles. The normalized spacial score (nSPS) is 14.8. The fourth-order valence-electron chi connectivity index (χ4n) is 4.83. The van der Waals surface area contributed by atoms with Gasteiger partial charge in [0.1, 0.15) is 0 Å². The van der Waals surface area contributed by atoms with Crippen LogP contribution in [0.25, 0.3) is 10.2 Å². The lowest BCUT2D eigenvalue weighted by Gasteiger charge is -2.38. The van der Waals surface area contributed by atoms with Crippen LogP contribution in [0.2, 0.25) is 0 Å². The number of anilines is 1. The molecule has 5 aromatic rings. The zero-order valence-electron chi connectivity index (χ0n) is 20.8. The van der Waals surface area contributed by atoms with E-state index in [2.05, 4.69) is 55.7 Å². The van der Waals surface area contributed by atoms with Crippen molar-refractivity contribution in [1.82, 2.24) is 30.1 Å². The van der Waals surface area contributed by atoms with E-state index in [9.17, 15) is 5.11 Å². The number of halogens is 1. The molecule has 0 bridgehead atoms. The van der Waals surface area contributed by atoms with Crippen molar-refractivity contribution in [2.75, 3.05) is 38.2 Å². The number of hydrogen-bond acceptors (Lipinski definition) is 9. The highest BCUT2D eigenvalue weighted by Crippen LogP contribution is 2.36. The lowest BCUT2D eigenvalue weighted by atomic mass is 10.0. The van der Waals surface area contributed by atoms with E-state index < -0.39 is 0 Å². The number of benzene rings is 3. The Morgan fingerprint density at radius 2 is 1.74 bits per heavy atom. The second kappa shape index (κ2) is 11.3. The molecule has 1 aliphatic heterocycles. The van der Waals surface area contributed by atoms with Crippen molar-refractivity contribution in [2.45, 2.75) is 12.6 Å². The Bertz CT molecular complexity index is 1470. The number of thiazole rings is 1. The smallest absolute Gasteiger partial charge is 0.186 e. The monoisotopic (exact) mass is 549 g/mol. The van der Waals surface area contributed by atoms with Gasteiger partial charge in [-0.25, -0.2) is 9.67 Å². The number of tetrazole rings is 1. The van der Waals surface area contributed by atoms with Crippen LogP contribution in [0.4, 0.5) is 5.13 Å². The van der Waals surface area contributed by atoms with E-state index in [1.165, 1.54) is 4.70 Å². The number of rotatable bonds is 7. The average Bonchev–Trinajstić information content (AvgIpc) is 3.58. The van der Waals surface area contributed by atoms with Crippen LogP contribution in [0.15, 0.2) is 72.8 Å². The molecule has 1 fully saturated rings. The van der Waals surface area contributed by atoms with Gasteiger partial charge >= 0.3 is 0 Å². The van der Waals surface area contributed by atoms with E-state index in [1.807, 2.05) is 41.1 Å². The second-order valence-corrected chi connectivity index (χ2v) is 10.0. The minimum atomic E-state index is -0.203. The number of aromatic nitrogens is 5. The third kappa shape index (κ3) is 5.15. The number of fused-ring (bicyclic) bond motifs is 1. The zero-order chi connectivity index (χ0) is 25.2. The van der Waals surface area contributed by atoms with Crippen molar-refractivity contribution in [1.29, 1.82) is 0 Å². The summed E-state index contributed by atoms with van der Waals surface area (Å²) in [5, 5.41) is 24.1. The number of nitrogens with zero attached hydrogens (tertiary/aromatic N) is 7. The summed E-state index contributed by atoms with van der Waals surface area (Å²) in [6.07, 6.45) is 0. The number of piperazine rings is 1. The van der Waals surface area contributed by atoms with Crippen LogP contribution in [-0.4, -0.2) is 68.5 Å². The summed E-state index contributed by atoms with van der Waals surface area (Å²) in [4.78, 5) is 9.59. The first-order chi connectivity index (χ1) is 18.2. The van der Waals surface area contributed by atoms with Gasteiger partial charge in [-0.15, -0.1) is 17.5 Å². The molecule has 1 unspecified atom stereocenters. The van der Waals surface area contributed by atoms with Crippen LogP contribution in [0.5, 0.6) is 11.5 Å². The van der Waals surface area contributed by atoms with Crippen molar-refractivity contribution in [3.05, 3.63) is 89.7 Å². The Labute approximate surface area is 230 Å². The van der Waals surface area contributed by atoms with Gasteiger partial charge in [-0.1, -0.05) is 59.9 Å². The van der Waals surface area contributed by atoms with Crippen molar-refractivity contribution >= 4 is 39.1 Å². The number of phenolic OH excluding ortho intramolecular Hbond substituents is 1. The van der Waals surface area contributed by atoms with E-state index in [1.54, 1.807) is 24.5 Å². The van der Waals surface area contributed by atoms with Gasteiger partial charge in [0.05, 0.1) is 29.9 Å². The van der Waals surface area contributed by atoms with Crippen LogP contribution in [0.3, 0.4) is 0 Å². The number of phenols is 1. The quantitative estimate of drug-likeness (QED) is 0.320. The van der Waals surface area contributed by atoms with E-state index in [4.69, 9.17) is 9.72 Å². The molecular weight excluding hydrogens is 522 g/mol. The van der Waals surface area contributed by atoms with Crippen molar-refractivity contribution in [3.63, 3.8) is 0 Å². The molecular formula is C27H28ClN7O2S. The molecule has 0 radical (unpaired) electrons. The summed E-state index contributed by atoms with van der Waals surface area (Å²) in [6.45, 7) is 3.86. The minimum absolute atomic E-state index is 0. The van der Waals surface area contributed by atoms with Gasteiger partial charge in [0.2, 0.25) is 0 Å². The number of ether oxygens (including phenoxy) is 1. The minimum Gasteiger partial charge on any atom is -0.504 e. The fourth-order valence-corrected chi connectivity index (χ4v) is 5.85. The van der Waals surface area contributed by atoms with E-state index in [0.717, 1.165) is 53.8 Å². The molecule has 38 heavy (non-hydrogen) atoms. The first-order valence-electron chi connectivity index (χ1n) is 12.2. The average molecular weight is 550 g/mol. The number of para-hydroxylation sites is 1. The topological polar surface area (TPSA) is 92.4 Å². The van der Waals surface area contributed by atoms with E-state index >= 15 is 0 Å². The molecule has 2 aromatic heterocycles. The second-order valence-electron chi connectivity index (χ2n) is 9.00. The highest BCUT2D eigenvalue weighted by molar-refractivity contribution is 7.22. The van der Waals surface area contributed by atoms with Crippen LogP contribution >= 0.6 is 23.7 Å². The first-order valence-corrected chi connectivity index (χ1v) is 13.0. The van der Waals surface area contributed by atoms with Gasteiger partial charge in [-0.3, -0.25) is 4.90 Å². The predicted molar refractivity (Wildman–Crippen MR) is 151 cm³/mol. The Morgan fingerprint density at radius 1 is 0.974 bits per heavy atom. The van der Waals surface area contributed by atoms with Gasteiger partial charge < -0.3 is 14.7 Å². The molecule has 0 spiro atoms. The summed E-state index contributed by atoms with van der Waals surface area (Å²) in [5.74, 6) is 1.29. The zero-order valence-corrected chi connectivity index (χ0v) is 22.5. The highest BCUT2D eigenvalue weighted by atomic mass is 35.5. The predicted octanol–water partition coefficient (Wildman–Crippen LogP) is 4.38. The molecule has 196 valence electrons. The summed E-state index contributed by atoms with van der Waals surface area (Å²) in [5.41, 5.74) is 3.13. The third-order valence-corrected chi connectivity index (χ3v) is 7.83. The molecule has 3 heterocycles. The Balaban J connectivity index is 0.00000294. The first kappa shape index (κ1) is 25.9. The van der Waals surface area contributed by atoms with Crippen molar-refractivity contribution in [3.8, 4) is 11.5 Å². The standard InChI is InChI=1S/C27H27N7O2S.ClH/c1-36-23-17-20(11-12-22(23)35)25(26-29-30-31-34(26)18-19-7-3-2-4-8-19)32-13-15-33(16-14-32)27-28-21-9-5-6-10-24(21)37-27;/h2-12,17,25,35H,13-16,18H2,1H3;1H. The largest absolute Gasteiger partial charge is 0.504 e. The Morgan fingerprint density at radius 3 is 2.50 bits per heavy atom. The molecule has 1 saturated heterocycles. The van der Waals surface area contributed by atoms with E-state index in [0.29, 0.717) is 12.3 Å². The van der Waals surface area contributed by atoms with Gasteiger partial charge in [0.15, 0.2) is 22.5 Å². The summed E-state index contributed by atoms with van der Waals surface area (Å²) in [7, 11) is 1.56. The fraction of sp³-hybridized carbons (Fsp3) is 0.259. The maximum Gasteiger partial charge on any atom is 0.186 e. The lowest BCUT2D eigenvalue weighted by molar-refractivity contribution is 0.201. The molecule has 1 N–H and O–H groups in total. The van der Waals surface area contributed by atoms with Crippen LogP contribution in [0.1, 0.15) is 23.0 Å². The lowest BCUT2D eigenvalue weighted by Crippen LogP contribution is -2.48. The summed E-state index contributed by atoms with van der Waals surface area (Å²) < 4.78 is 8.49. The number of hydrogen-bond donors (Lipinski definition) is 1. The Kier molecular flexibility index (Phi) is 7.73. The van der Waals surface area contributed by atoms with Crippen LogP contribution < -0.4 is 9.64 Å². The number of methoxy groups -OCH3 is 1. The van der Waals surface area contributed by atoms with Gasteiger partial charge in [0, 0.05) is 26.2 Å². The van der Waals surface area contributed by atoms with Crippen LogP contribution in [-0.2, 0) is 6.54 Å². The molecule has 6 rings (SSSR count). The summed E-state index contributed by atoms with van der Waals surface area (Å²) >= 11 is 1.73. The Hall–Kier alpha value is -3.73. The van der Waals surface area contributed by atoms with Gasteiger partial charge in [0.25, 0.3) is 0 Å². The SMILES string of the molecule is COc1cc(C(c2nnnn2Cc2ccccc2)N2CCN(c3nc4ccccc4s3)CC2)ccc1O.Cl. The maximum atomic E-state index is 10.2. The molecule has 0 aliphatic carbocycles. The van der Waals surface area contributed by atoms with E-state index in [-0.39, 0.29) is 24.2 Å². The van der Waals surface area contributed by atoms with Crippen molar-refractivity contribution in [2.24, 2.45) is 0 Å². The molecule has 9 nitrogen and oxygen atoms in total. The number of aromatic hydroxyl groups is 1. The highest BCUT2D eigenvalue weighted by Gasteiger charge is 2.32. The molecule has 1 atom stereocenters. The molecule has 0 amide bonds. The molecule has 1 aliphatic rings. The van der Waals surface area contributed by atoms with Gasteiger partial charge in [-0.05, 0) is 45.8 Å². The van der Waals surface area contributed by atoms with Gasteiger partial charge in [-0.2, -0.15) is 0 Å². The molecule has 0 saturated carbocycles.